The van der Waals surface area contributed by atoms with E-state index < -0.39 is 0 Å². The van der Waals surface area contributed by atoms with E-state index in [2.05, 4.69) is 0 Å². The normalized spacial score (nSPS) is 10.3. The second kappa shape index (κ2) is 6.43. The molecule has 3 heteroatoms. The molecule has 0 atom stereocenters. The number of methoxy groups -OCH3 is 1. The maximum Gasteiger partial charge on any atom is 0.120 e. The van der Waals surface area contributed by atoms with Gasteiger partial charge in [0.15, 0.2) is 0 Å². The number of halogens is 1. The van der Waals surface area contributed by atoms with Crippen LogP contribution in [0, 0.1) is 0 Å². The van der Waals surface area contributed by atoms with Crippen LogP contribution in [0.3, 0.4) is 0 Å². The molecule has 0 aliphatic carbocycles. The average molecular weight is 263 g/mol. The largest absolute Gasteiger partial charge is 0.491 e. The van der Waals surface area contributed by atoms with Crippen molar-refractivity contribution in [1.29, 1.82) is 0 Å². The van der Waals surface area contributed by atoms with E-state index in [1.807, 2.05) is 48.5 Å². The molecule has 2 rings (SSSR count). The van der Waals surface area contributed by atoms with Crippen molar-refractivity contribution < 1.29 is 9.47 Å². The second-order valence-electron chi connectivity index (χ2n) is 3.88. The van der Waals surface area contributed by atoms with Gasteiger partial charge < -0.3 is 9.47 Å². The molecule has 0 aliphatic heterocycles. The van der Waals surface area contributed by atoms with Crippen molar-refractivity contribution >= 4 is 11.6 Å². The van der Waals surface area contributed by atoms with E-state index in [9.17, 15) is 0 Å². The van der Waals surface area contributed by atoms with Crippen molar-refractivity contribution in [2.45, 2.75) is 0 Å². The lowest BCUT2D eigenvalue weighted by molar-refractivity contribution is 0.146. The summed E-state index contributed by atoms with van der Waals surface area (Å²) in [5.74, 6) is 0.838. The lowest BCUT2D eigenvalue weighted by atomic mass is 10.1. The Bertz CT molecular complexity index is 511. The zero-order chi connectivity index (χ0) is 12.8. The minimum atomic E-state index is 0.551. The first-order valence-corrected chi connectivity index (χ1v) is 6.15. The van der Waals surface area contributed by atoms with Crippen LogP contribution in [0.25, 0.3) is 11.1 Å². The van der Waals surface area contributed by atoms with Crippen LogP contribution in [-0.4, -0.2) is 20.3 Å². The minimum Gasteiger partial charge on any atom is -0.491 e. The Morgan fingerprint density at radius 1 is 0.944 bits per heavy atom. The third kappa shape index (κ3) is 3.49. The fourth-order valence-electron chi connectivity index (χ4n) is 1.68. The molecule has 0 heterocycles. The van der Waals surface area contributed by atoms with E-state index in [1.165, 1.54) is 0 Å². The smallest absolute Gasteiger partial charge is 0.120 e. The van der Waals surface area contributed by atoms with Crippen molar-refractivity contribution in [2.24, 2.45) is 0 Å². The Morgan fingerprint density at radius 3 is 2.39 bits per heavy atom. The van der Waals surface area contributed by atoms with Crippen LogP contribution in [0.2, 0.25) is 5.02 Å². The number of hydrogen-bond acceptors (Lipinski definition) is 2. The van der Waals surface area contributed by atoms with Gasteiger partial charge in [-0.3, -0.25) is 0 Å². The van der Waals surface area contributed by atoms with E-state index in [-0.39, 0.29) is 0 Å². The SMILES string of the molecule is COCCOc1cccc(-c2cccc(Cl)c2)c1. The molecule has 94 valence electrons. The van der Waals surface area contributed by atoms with Gasteiger partial charge in [0.25, 0.3) is 0 Å². The van der Waals surface area contributed by atoms with E-state index in [1.54, 1.807) is 7.11 Å². The van der Waals surface area contributed by atoms with Crippen LogP contribution >= 0.6 is 11.6 Å². The maximum absolute atomic E-state index is 5.99. The summed E-state index contributed by atoms with van der Waals surface area (Å²) in [5, 5.41) is 0.734. The Morgan fingerprint density at radius 2 is 1.67 bits per heavy atom. The van der Waals surface area contributed by atoms with Crippen LogP contribution < -0.4 is 4.74 Å². The third-order valence-corrected chi connectivity index (χ3v) is 2.78. The first-order chi connectivity index (χ1) is 8.79. The monoisotopic (exact) mass is 262 g/mol. The molecular weight excluding hydrogens is 248 g/mol. The fourth-order valence-corrected chi connectivity index (χ4v) is 1.87. The van der Waals surface area contributed by atoms with Gasteiger partial charge in [0, 0.05) is 12.1 Å². The predicted octanol–water partition coefficient (Wildman–Crippen LogP) is 4.03. The van der Waals surface area contributed by atoms with Crippen LogP contribution in [0.4, 0.5) is 0 Å². The highest BCUT2D eigenvalue weighted by atomic mass is 35.5. The maximum atomic E-state index is 5.99. The summed E-state index contributed by atoms with van der Waals surface area (Å²) in [6.07, 6.45) is 0. The second-order valence-corrected chi connectivity index (χ2v) is 4.32. The number of rotatable bonds is 5. The Balaban J connectivity index is 2.16. The van der Waals surface area contributed by atoms with Gasteiger partial charge in [-0.05, 0) is 35.4 Å². The average Bonchev–Trinajstić information content (AvgIpc) is 2.39. The molecule has 0 unspecified atom stereocenters. The fraction of sp³-hybridized carbons (Fsp3) is 0.200. The molecule has 0 aromatic heterocycles. The highest BCUT2D eigenvalue weighted by Crippen LogP contribution is 2.25. The van der Waals surface area contributed by atoms with E-state index >= 15 is 0 Å². The molecule has 0 radical (unpaired) electrons. The molecule has 0 fully saturated rings. The van der Waals surface area contributed by atoms with Gasteiger partial charge in [0.05, 0.1) is 6.61 Å². The van der Waals surface area contributed by atoms with Gasteiger partial charge >= 0.3 is 0 Å². The Hall–Kier alpha value is -1.51. The van der Waals surface area contributed by atoms with Crippen LogP contribution in [0.15, 0.2) is 48.5 Å². The molecule has 0 aliphatic rings. The third-order valence-electron chi connectivity index (χ3n) is 2.55. The Labute approximate surface area is 112 Å². The van der Waals surface area contributed by atoms with Crippen molar-refractivity contribution in [3.8, 4) is 16.9 Å². The molecule has 2 nitrogen and oxygen atoms in total. The summed E-state index contributed by atoms with van der Waals surface area (Å²) in [5.41, 5.74) is 2.17. The summed E-state index contributed by atoms with van der Waals surface area (Å²) in [4.78, 5) is 0. The zero-order valence-electron chi connectivity index (χ0n) is 10.2. The van der Waals surface area contributed by atoms with E-state index in [0.717, 1.165) is 21.9 Å². The first kappa shape index (κ1) is 12.9. The molecule has 0 saturated carbocycles. The number of benzene rings is 2. The summed E-state index contributed by atoms with van der Waals surface area (Å²) in [6.45, 7) is 1.14. The molecule has 0 saturated heterocycles. The van der Waals surface area contributed by atoms with Crippen LogP contribution in [0.5, 0.6) is 5.75 Å². The summed E-state index contributed by atoms with van der Waals surface area (Å²) in [6, 6.07) is 15.7. The predicted molar refractivity (Wildman–Crippen MR) is 74.3 cm³/mol. The molecule has 18 heavy (non-hydrogen) atoms. The molecular formula is C15H15ClO2. The van der Waals surface area contributed by atoms with Gasteiger partial charge in [0.1, 0.15) is 12.4 Å². The Kier molecular flexibility index (Phi) is 4.62. The molecule has 0 bridgehead atoms. The van der Waals surface area contributed by atoms with Crippen molar-refractivity contribution in [1.82, 2.24) is 0 Å². The van der Waals surface area contributed by atoms with E-state index in [0.29, 0.717) is 13.2 Å². The molecule has 0 N–H and O–H groups in total. The highest BCUT2D eigenvalue weighted by Gasteiger charge is 2.00. The van der Waals surface area contributed by atoms with Gasteiger partial charge in [-0.2, -0.15) is 0 Å². The van der Waals surface area contributed by atoms with Crippen molar-refractivity contribution in [3.63, 3.8) is 0 Å². The van der Waals surface area contributed by atoms with Crippen LogP contribution in [0.1, 0.15) is 0 Å². The summed E-state index contributed by atoms with van der Waals surface area (Å²) in [7, 11) is 1.66. The number of hydrogen-bond donors (Lipinski definition) is 0. The molecule has 2 aromatic rings. The number of ether oxygens (including phenoxy) is 2. The lowest BCUT2D eigenvalue weighted by Gasteiger charge is -2.08. The quantitative estimate of drug-likeness (QED) is 0.758. The topological polar surface area (TPSA) is 18.5 Å². The molecule has 0 amide bonds. The van der Waals surface area contributed by atoms with E-state index in [4.69, 9.17) is 21.1 Å². The highest BCUT2D eigenvalue weighted by molar-refractivity contribution is 6.30. The van der Waals surface area contributed by atoms with Gasteiger partial charge in [-0.1, -0.05) is 35.9 Å². The summed E-state index contributed by atoms with van der Waals surface area (Å²) < 4.78 is 10.5. The minimum absolute atomic E-state index is 0.551. The molecule has 2 aromatic carbocycles. The summed E-state index contributed by atoms with van der Waals surface area (Å²) >= 11 is 5.99. The lowest BCUT2D eigenvalue weighted by Crippen LogP contribution is -2.04. The first-order valence-electron chi connectivity index (χ1n) is 5.77. The molecule has 0 spiro atoms. The van der Waals surface area contributed by atoms with Crippen molar-refractivity contribution in [2.75, 3.05) is 20.3 Å². The zero-order valence-corrected chi connectivity index (χ0v) is 11.0. The standard InChI is InChI=1S/C15H15ClO2/c1-17-8-9-18-15-7-3-5-13(11-15)12-4-2-6-14(16)10-12/h2-7,10-11H,8-9H2,1H3. The van der Waals surface area contributed by atoms with Crippen LogP contribution in [-0.2, 0) is 4.74 Å². The van der Waals surface area contributed by atoms with Crippen molar-refractivity contribution in [3.05, 3.63) is 53.6 Å². The van der Waals surface area contributed by atoms with Gasteiger partial charge in [0.2, 0.25) is 0 Å². The van der Waals surface area contributed by atoms with Gasteiger partial charge in [-0.15, -0.1) is 0 Å². The van der Waals surface area contributed by atoms with Gasteiger partial charge in [-0.25, -0.2) is 0 Å².